The molecule has 1 N–H and O–H groups in total. The van der Waals surface area contributed by atoms with Crippen LogP contribution in [0.15, 0.2) is 65.5 Å². The Morgan fingerprint density at radius 2 is 1.68 bits per heavy atom. The van der Waals surface area contributed by atoms with Gasteiger partial charge in [-0.1, -0.05) is 48.5 Å². The Morgan fingerprint density at radius 1 is 1.00 bits per heavy atom. The molecule has 142 valence electrons. The van der Waals surface area contributed by atoms with Gasteiger partial charge in [0.25, 0.3) is 11.5 Å². The third-order valence-electron chi connectivity index (χ3n) is 5.54. The van der Waals surface area contributed by atoms with E-state index in [1.165, 1.54) is 10.6 Å². The Kier molecular flexibility index (Phi) is 4.47. The maximum Gasteiger partial charge on any atom is 0.308 e. The number of rotatable bonds is 3. The lowest BCUT2D eigenvalue weighted by atomic mass is 9.89. The van der Waals surface area contributed by atoms with Gasteiger partial charge in [-0.15, -0.1) is 0 Å². The summed E-state index contributed by atoms with van der Waals surface area (Å²) in [6.07, 6.45) is 0. The summed E-state index contributed by atoms with van der Waals surface area (Å²) in [5, 5.41) is 10.4. The van der Waals surface area contributed by atoms with Gasteiger partial charge in [-0.05, 0) is 11.6 Å². The van der Waals surface area contributed by atoms with E-state index in [4.69, 9.17) is 0 Å². The number of aliphatic carboxylic acids is 1. The number of hydrogen-bond acceptors (Lipinski definition) is 3. The predicted octanol–water partition coefficient (Wildman–Crippen LogP) is 2.48. The van der Waals surface area contributed by atoms with Crippen LogP contribution in [0, 0.1) is 5.92 Å². The van der Waals surface area contributed by atoms with Crippen LogP contribution in [0.4, 0.5) is 0 Å². The maximum absolute atomic E-state index is 13.3. The maximum atomic E-state index is 13.3. The van der Waals surface area contributed by atoms with Gasteiger partial charge in [0, 0.05) is 37.5 Å². The van der Waals surface area contributed by atoms with E-state index >= 15 is 0 Å². The fourth-order valence-electron chi connectivity index (χ4n) is 4.02. The summed E-state index contributed by atoms with van der Waals surface area (Å²) in [6, 6.07) is 18.0. The molecule has 28 heavy (non-hydrogen) atoms. The molecule has 4 rings (SSSR count). The van der Waals surface area contributed by atoms with Crippen LogP contribution in [0.3, 0.4) is 0 Å². The molecule has 1 saturated heterocycles. The highest BCUT2D eigenvalue weighted by Gasteiger charge is 2.41. The van der Waals surface area contributed by atoms with Crippen molar-refractivity contribution < 1.29 is 14.7 Å². The number of para-hydroxylation sites is 1. The number of carboxylic acid groups (broad SMARTS) is 1. The predicted molar refractivity (Wildman–Crippen MR) is 105 cm³/mol. The molecule has 2 atom stereocenters. The van der Waals surface area contributed by atoms with Gasteiger partial charge in [0.05, 0.1) is 17.0 Å². The van der Waals surface area contributed by atoms with Crippen LogP contribution in [-0.2, 0) is 11.8 Å². The third-order valence-corrected chi connectivity index (χ3v) is 5.54. The Hall–Kier alpha value is -3.41. The zero-order chi connectivity index (χ0) is 19.8. The second-order valence-corrected chi connectivity index (χ2v) is 7.14. The Morgan fingerprint density at radius 3 is 2.39 bits per heavy atom. The number of hydrogen-bond donors (Lipinski definition) is 1. The number of fused-ring (bicyclic) bond motifs is 1. The zero-order valence-corrected chi connectivity index (χ0v) is 15.4. The largest absolute Gasteiger partial charge is 0.481 e. The van der Waals surface area contributed by atoms with Crippen LogP contribution in [0.5, 0.6) is 0 Å². The smallest absolute Gasteiger partial charge is 0.308 e. The van der Waals surface area contributed by atoms with Crippen LogP contribution in [0.25, 0.3) is 10.9 Å². The highest BCUT2D eigenvalue weighted by atomic mass is 16.4. The summed E-state index contributed by atoms with van der Waals surface area (Å²) in [7, 11) is 1.67. The fraction of sp³-hybridized carbons (Fsp3) is 0.227. The molecule has 0 unspecified atom stereocenters. The van der Waals surface area contributed by atoms with E-state index in [1.807, 2.05) is 42.5 Å². The molecule has 0 radical (unpaired) electrons. The molecule has 1 aromatic heterocycles. The number of carbonyl (C=O) groups is 2. The van der Waals surface area contributed by atoms with E-state index in [1.54, 1.807) is 24.1 Å². The molecule has 3 aromatic rings. The molecule has 6 heteroatoms. The summed E-state index contributed by atoms with van der Waals surface area (Å²) < 4.78 is 1.50. The molecule has 0 aliphatic carbocycles. The van der Waals surface area contributed by atoms with Crippen molar-refractivity contribution in [2.45, 2.75) is 5.92 Å². The van der Waals surface area contributed by atoms with Crippen molar-refractivity contribution in [2.24, 2.45) is 13.0 Å². The van der Waals surface area contributed by atoms with Crippen molar-refractivity contribution in [3.8, 4) is 0 Å². The number of aryl methyl sites for hydroxylation is 1. The van der Waals surface area contributed by atoms with Crippen molar-refractivity contribution in [3.05, 3.63) is 82.1 Å². The normalized spacial score (nSPS) is 19.1. The van der Waals surface area contributed by atoms with E-state index < -0.39 is 11.9 Å². The fourth-order valence-corrected chi connectivity index (χ4v) is 4.02. The molecule has 1 amide bonds. The van der Waals surface area contributed by atoms with Gasteiger partial charge in [-0.25, -0.2) is 0 Å². The summed E-state index contributed by atoms with van der Waals surface area (Å²) in [5.41, 5.74) is 1.62. The van der Waals surface area contributed by atoms with Crippen molar-refractivity contribution in [1.82, 2.24) is 9.47 Å². The van der Waals surface area contributed by atoms with Gasteiger partial charge in [0.15, 0.2) is 0 Å². The van der Waals surface area contributed by atoms with Gasteiger partial charge in [-0.3, -0.25) is 14.4 Å². The number of nitrogens with zero attached hydrogens (tertiary/aromatic N) is 2. The highest BCUT2D eigenvalue weighted by Crippen LogP contribution is 2.34. The average molecular weight is 376 g/mol. The first-order valence-electron chi connectivity index (χ1n) is 9.13. The molecule has 1 aliphatic heterocycles. The second-order valence-electron chi connectivity index (χ2n) is 7.14. The third kappa shape index (κ3) is 2.97. The molecule has 0 spiro atoms. The van der Waals surface area contributed by atoms with Gasteiger partial charge in [0.2, 0.25) is 0 Å². The number of likely N-dealkylation sites (tertiary alicyclic amines) is 1. The van der Waals surface area contributed by atoms with E-state index in [0.717, 1.165) is 5.56 Å². The number of benzene rings is 2. The Labute approximate surface area is 161 Å². The van der Waals surface area contributed by atoms with Gasteiger partial charge >= 0.3 is 5.97 Å². The summed E-state index contributed by atoms with van der Waals surface area (Å²) in [4.78, 5) is 38.9. The number of aromatic nitrogens is 1. The zero-order valence-electron chi connectivity index (χ0n) is 15.4. The van der Waals surface area contributed by atoms with Crippen LogP contribution >= 0.6 is 0 Å². The lowest BCUT2D eigenvalue weighted by molar-refractivity contribution is -0.141. The first kappa shape index (κ1) is 18.0. The van der Waals surface area contributed by atoms with E-state index in [0.29, 0.717) is 23.0 Å². The van der Waals surface area contributed by atoms with Crippen molar-refractivity contribution in [1.29, 1.82) is 0 Å². The first-order chi connectivity index (χ1) is 13.5. The lowest BCUT2D eigenvalue weighted by Gasteiger charge is -2.18. The monoisotopic (exact) mass is 376 g/mol. The number of pyridine rings is 1. The number of amides is 1. The molecular formula is C22H20N2O4. The molecule has 6 nitrogen and oxygen atoms in total. The van der Waals surface area contributed by atoms with E-state index in [-0.39, 0.29) is 23.9 Å². The summed E-state index contributed by atoms with van der Waals surface area (Å²) >= 11 is 0. The number of carbonyl (C=O) groups excluding carboxylic acids is 1. The molecule has 2 heterocycles. The Bertz CT molecular complexity index is 1120. The molecule has 1 aliphatic rings. The summed E-state index contributed by atoms with van der Waals surface area (Å²) in [5.74, 6) is -2.18. The molecule has 1 fully saturated rings. The summed E-state index contributed by atoms with van der Waals surface area (Å²) in [6.45, 7) is 0.431. The van der Waals surface area contributed by atoms with Crippen molar-refractivity contribution in [3.63, 3.8) is 0 Å². The van der Waals surface area contributed by atoms with Crippen LogP contribution in [-0.4, -0.2) is 39.5 Å². The quantitative estimate of drug-likeness (QED) is 0.762. The van der Waals surface area contributed by atoms with Gasteiger partial charge < -0.3 is 14.6 Å². The average Bonchev–Trinajstić information content (AvgIpc) is 3.17. The molecule has 2 aromatic carbocycles. The Balaban J connectivity index is 1.74. The minimum absolute atomic E-state index is 0.122. The highest BCUT2D eigenvalue weighted by molar-refractivity contribution is 6.06. The van der Waals surface area contributed by atoms with Crippen molar-refractivity contribution >= 4 is 22.8 Å². The van der Waals surface area contributed by atoms with E-state index in [2.05, 4.69) is 0 Å². The topological polar surface area (TPSA) is 79.6 Å². The second kappa shape index (κ2) is 6.96. The van der Waals surface area contributed by atoms with Crippen LogP contribution in [0.1, 0.15) is 21.8 Å². The minimum Gasteiger partial charge on any atom is -0.481 e. The lowest BCUT2D eigenvalue weighted by Crippen LogP contribution is -2.31. The van der Waals surface area contributed by atoms with Crippen LogP contribution < -0.4 is 5.56 Å². The van der Waals surface area contributed by atoms with E-state index in [9.17, 15) is 19.5 Å². The van der Waals surface area contributed by atoms with Crippen molar-refractivity contribution in [2.75, 3.05) is 13.1 Å². The van der Waals surface area contributed by atoms with Gasteiger partial charge in [0.1, 0.15) is 0 Å². The molecular weight excluding hydrogens is 356 g/mol. The standard InChI is InChI=1S/C22H20N2O4/c1-23-19-10-6-5-9-15(19)16(11-20(23)25)21(26)24-12-17(18(13-24)22(27)28)14-7-3-2-4-8-14/h2-11,17-18H,12-13H2,1H3,(H,27,28)/t17-,18+/m1/s1. The van der Waals surface area contributed by atoms with Gasteiger partial charge in [-0.2, -0.15) is 0 Å². The molecule has 0 saturated carbocycles. The minimum atomic E-state index is -0.919. The first-order valence-corrected chi connectivity index (χ1v) is 9.13. The number of carboxylic acids is 1. The SMILES string of the molecule is Cn1c(=O)cc(C(=O)N2C[C@H](C(=O)O)[C@@H](c3ccccc3)C2)c2ccccc21. The van der Waals surface area contributed by atoms with Crippen LogP contribution in [0.2, 0.25) is 0 Å². The molecule has 0 bridgehead atoms.